The Hall–Kier alpha value is -5.45. The first-order valence-electron chi connectivity index (χ1n) is 23.4. The molecule has 1 aromatic heterocycles. The number of sulfonamides is 1. The lowest BCUT2D eigenvalue weighted by molar-refractivity contribution is -0.142. The number of hydrogen-bond acceptors (Lipinski definition) is 11. The van der Waals surface area contributed by atoms with Crippen LogP contribution in [-0.2, 0) is 29.1 Å². The van der Waals surface area contributed by atoms with Crippen LogP contribution in [0, 0.1) is 35.4 Å². The fourth-order valence-electron chi connectivity index (χ4n) is 10.3. The number of nitrogens with one attached hydrogen (secondary N) is 3. The molecule has 17 heteroatoms. The van der Waals surface area contributed by atoms with Gasteiger partial charge in [-0.2, -0.15) is 0 Å². The van der Waals surface area contributed by atoms with Gasteiger partial charge in [-0.25, -0.2) is 22.6 Å². The van der Waals surface area contributed by atoms with Crippen molar-refractivity contribution in [3.05, 3.63) is 60.4 Å². The smallest absolute Gasteiger partial charge is 0.408 e. The third-order valence-corrected chi connectivity index (χ3v) is 16.1. The van der Waals surface area contributed by atoms with Gasteiger partial charge in [-0.3, -0.25) is 19.1 Å². The lowest BCUT2D eigenvalue weighted by Gasteiger charge is -2.33. The minimum absolute atomic E-state index is 0.0393. The fourth-order valence-corrected chi connectivity index (χ4v) is 11.7. The summed E-state index contributed by atoms with van der Waals surface area (Å²) < 4.78 is 67.5. The summed E-state index contributed by atoms with van der Waals surface area (Å²) in [6.45, 7) is 7.51. The number of fused-ring (bicyclic) bond motifs is 4. The van der Waals surface area contributed by atoms with E-state index < -0.39 is 74.5 Å². The molecular weight excluding hydrogens is 870 g/mol. The summed E-state index contributed by atoms with van der Waals surface area (Å²) in [4.78, 5) is 63.9. The monoisotopic (exact) mass is 929 g/mol. The van der Waals surface area contributed by atoms with Crippen LogP contribution in [-0.4, -0.2) is 97.0 Å². The average molecular weight is 930 g/mol. The Kier molecular flexibility index (Phi) is 12.4. The maximum absolute atomic E-state index is 15.4. The van der Waals surface area contributed by atoms with Gasteiger partial charge in [0.05, 0.1) is 30.7 Å². The van der Waals surface area contributed by atoms with Gasteiger partial charge in [0.15, 0.2) is 11.6 Å². The average Bonchev–Trinajstić information content (AvgIpc) is 4.23. The number of methoxy groups -OCH3 is 1. The number of nitrogens with zero attached hydrogens (tertiary/aromatic N) is 2. The number of amides is 4. The Morgan fingerprint density at radius 1 is 0.970 bits per heavy atom. The molecule has 5 fully saturated rings. The lowest BCUT2D eigenvalue weighted by atomic mass is 9.88. The van der Waals surface area contributed by atoms with E-state index in [0.29, 0.717) is 65.3 Å². The lowest BCUT2D eigenvalue weighted by Crippen LogP contribution is -2.59. The summed E-state index contributed by atoms with van der Waals surface area (Å²) in [5, 5.41) is 6.43. The highest BCUT2D eigenvalue weighted by molar-refractivity contribution is 7.91. The van der Waals surface area contributed by atoms with Gasteiger partial charge in [0.1, 0.15) is 35.6 Å². The molecule has 3 aromatic rings. The molecule has 0 radical (unpaired) electrons. The van der Waals surface area contributed by atoms with Crippen LogP contribution in [0.1, 0.15) is 91.9 Å². The van der Waals surface area contributed by atoms with Crippen LogP contribution in [0.3, 0.4) is 0 Å². The maximum Gasteiger partial charge on any atom is 0.408 e. The first-order valence-corrected chi connectivity index (χ1v) is 25.0. The molecule has 0 bridgehead atoms. The molecule has 3 N–H and O–H groups in total. The highest BCUT2D eigenvalue weighted by Gasteiger charge is 2.62. The van der Waals surface area contributed by atoms with Gasteiger partial charge >= 0.3 is 6.09 Å². The molecule has 0 spiro atoms. The zero-order valence-electron chi connectivity index (χ0n) is 38.1. The zero-order chi connectivity index (χ0) is 46.7. The van der Waals surface area contributed by atoms with Crippen molar-refractivity contribution in [2.24, 2.45) is 29.6 Å². The number of ether oxygens (including phenoxy) is 4. The number of alkyl carbamates (subject to hydrolysis) is 1. The third kappa shape index (κ3) is 9.68. The van der Waals surface area contributed by atoms with E-state index in [1.165, 1.54) is 11.0 Å². The minimum Gasteiger partial charge on any atom is -0.497 e. The third-order valence-electron chi connectivity index (χ3n) is 14.2. The summed E-state index contributed by atoms with van der Waals surface area (Å²) in [5.41, 5.74) is -0.734. The molecule has 2 aliphatic heterocycles. The van der Waals surface area contributed by atoms with Gasteiger partial charge in [-0.05, 0) is 143 Å². The summed E-state index contributed by atoms with van der Waals surface area (Å²) in [6, 6.07) is 9.43. The van der Waals surface area contributed by atoms with Gasteiger partial charge in [-0.1, -0.05) is 26.0 Å². The van der Waals surface area contributed by atoms with E-state index in [9.17, 15) is 22.8 Å². The maximum atomic E-state index is 15.4. The molecule has 2 aromatic carbocycles. The molecule has 4 aliphatic carbocycles. The van der Waals surface area contributed by atoms with Crippen LogP contribution in [0.15, 0.2) is 54.6 Å². The van der Waals surface area contributed by atoms with Gasteiger partial charge < -0.3 is 34.5 Å². The van der Waals surface area contributed by atoms with Crippen molar-refractivity contribution < 1.29 is 50.9 Å². The summed E-state index contributed by atoms with van der Waals surface area (Å²) >= 11 is 0. The Labute approximate surface area is 385 Å². The molecule has 10 atom stereocenters. The molecule has 66 heavy (non-hydrogen) atoms. The first kappa shape index (κ1) is 45.7. The van der Waals surface area contributed by atoms with Crippen LogP contribution in [0.4, 0.5) is 9.18 Å². The number of carbonyl (C=O) groups excluding carboxylic acids is 4. The number of halogens is 1. The van der Waals surface area contributed by atoms with E-state index in [2.05, 4.69) is 22.3 Å². The molecule has 4 saturated carbocycles. The molecule has 6 aliphatic rings. The summed E-state index contributed by atoms with van der Waals surface area (Å²) in [7, 11) is -2.40. The van der Waals surface area contributed by atoms with Crippen LogP contribution in [0.5, 0.6) is 17.4 Å². The standard InChI is InChI=1S/C49H60FN5O10S/c1-26(2)63-42-15-10-29(21-39(42)50)40-22-32-20-34(62-5)11-14-38(32)45(51-40)64-36-23-41-44(56)53-49(47(58)54-66(60,61)37-12-13-37)24-33(49)9-7-6-8-27(3)16-28(4)43(46(57)55(41)25-36)52-48(59)65-35-18-30-17-31(30)19-35/h7,9-11,14-15,20-22,26-28,30-31,33,35-37,41,43H,6,8,12-13,16-19,23-25H2,1-5H3,(H,52,59)(H,53,56)(H,54,58)/b9-7-/t27-,28-,30-,31+,33?,35+,36-,41+,43+,49-/m1/s1. The van der Waals surface area contributed by atoms with Gasteiger partial charge in [-0.15, -0.1) is 0 Å². The van der Waals surface area contributed by atoms with Gasteiger partial charge in [0.2, 0.25) is 27.7 Å². The first-order chi connectivity index (χ1) is 31.5. The number of pyridine rings is 1. The molecule has 9 rings (SSSR count). The number of rotatable bonds is 11. The number of allylic oxidation sites excluding steroid dienone is 1. The minimum atomic E-state index is -3.95. The van der Waals surface area contributed by atoms with Gasteiger partial charge in [0.25, 0.3) is 5.91 Å². The van der Waals surface area contributed by atoms with Gasteiger partial charge in [0, 0.05) is 23.3 Å². The Bertz CT molecular complexity index is 2540. The van der Waals surface area contributed by atoms with Crippen LogP contribution < -0.4 is 29.6 Å². The normalized spacial score (nSPS) is 31.3. The number of aromatic nitrogens is 1. The predicted molar refractivity (Wildman–Crippen MR) is 242 cm³/mol. The zero-order valence-corrected chi connectivity index (χ0v) is 38.9. The SMILES string of the molecule is COc1ccc2c(O[C@@H]3C[C@H]4C(=O)N[C@]5(C(=O)NS(=O)(=O)C6CC6)CC5/C=C\CC[C@@H](C)C[C@@H](C)[C@H](NC(=O)O[C@@H]5C[C@@H]6C[C@@H]6C5)C(=O)N4C3)nc(-c3ccc(OC(C)C)c(F)c3)cc2c1. The molecule has 4 amide bonds. The molecule has 3 heterocycles. The van der Waals surface area contributed by atoms with Crippen molar-refractivity contribution in [1.29, 1.82) is 0 Å². The Balaban J connectivity index is 1.05. The largest absolute Gasteiger partial charge is 0.497 e. The number of hydrogen-bond donors (Lipinski definition) is 3. The molecule has 354 valence electrons. The van der Waals surface area contributed by atoms with E-state index in [1.807, 2.05) is 32.9 Å². The van der Waals surface area contributed by atoms with Crippen molar-refractivity contribution in [2.75, 3.05) is 13.7 Å². The van der Waals surface area contributed by atoms with E-state index in [1.54, 1.807) is 43.5 Å². The summed E-state index contributed by atoms with van der Waals surface area (Å²) in [6.07, 6.45) is 7.59. The Morgan fingerprint density at radius 2 is 1.74 bits per heavy atom. The van der Waals surface area contributed by atoms with Crippen LogP contribution in [0.2, 0.25) is 0 Å². The highest BCUT2D eigenvalue weighted by atomic mass is 32.2. The van der Waals surface area contributed by atoms with E-state index in [-0.39, 0.29) is 55.1 Å². The van der Waals surface area contributed by atoms with Crippen LogP contribution >= 0.6 is 0 Å². The van der Waals surface area contributed by atoms with Crippen molar-refractivity contribution in [3.8, 4) is 28.6 Å². The molecule has 1 unspecified atom stereocenters. The molecular formula is C49H60FN5O10S. The second kappa shape index (κ2) is 18.0. The Morgan fingerprint density at radius 3 is 2.45 bits per heavy atom. The van der Waals surface area contributed by atoms with E-state index in [4.69, 9.17) is 23.9 Å². The van der Waals surface area contributed by atoms with Crippen molar-refractivity contribution in [1.82, 2.24) is 25.2 Å². The van der Waals surface area contributed by atoms with Crippen molar-refractivity contribution in [3.63, 3.8) is 0 Å². The van der Waals surface area contributed by atoms with E-state index in [0.717, 1.165) is 25.7 Å². The fraction of sp³-hybridized carbons (Fsp3) is 0.571. The second-order valence-corrected chi connectivity index (χ2v) is 21.8. The molecule has 15 nitrogen and oxygen atoms in total. The number of benzene rings is 2. The quantitative estimate of drug-likeness (QED) is 0.176. The molecule has 1 saturated heterocycles. The van der Waals surface area contributed by atoms with Crippen molar-refractivity contribution >= 4 is 44.6 Å². The topological polar surface area (TPSA) is 192 Å². The number of carbonyl (C=O) groups is 4. The van der Waals surface area contributed by atoms with Crippen molar-refractivity contribution in [2.45, 2.75) is 133 Å². The predicted octanol–water partition coefficient (Wildman–Crippen LogP) is 6.57. The second-order valence-electron chi connectivity index (χ2n) is 19.8. The van der Waals surface area contributed by atoms with E-state index >= 15 is 9.18 Å². The summed E-state index contributed by atoms with van der Waals surface area (Å²) in [5.74, 6) is -1.32. The highest BCUT2D eigenvalue weighted by Crippen LogP contribution is 2.52. The van der Waals surface area contributed by atoms with Crippen LogP contribution in [0.25, 0.3) is 22.0 Å².